The third-order valence-electron chi connectivity index (χ3n) is 3.12. The van der Waals surface area contributed by atoms with Crippen LogP contribution in [0.3, 0.4) is 0 Å². The molecule has 0 aliphatic carbocycles. The summed E-state index contributed by atoms with van der Waals surface area (Å²) < 4.78 is 0. The maximum absolute atomic E-state index is 10.5. The van der Waals surface area contributed by atoms with Crippen LogP contribution in [0.4, 0.5) is 5.82 Å². The molecule has 1 aromatic heterocycles. The highest BCUT2D eigenvalue weighted by Crippen LogP contribution is 2.28. The Morgan fingerprint density at radius 2 is 2.00 bits per heavy atom. The Bertz CT molecular complexity index is 337. The maximum atomic E-state index is 10.5. The third-order valence-corrected chi connectivity index (χ3v) is 3.12. The average Bonchev–Trinajstić information content (AvgIpc) is 2.59. The Balaban J connectivity index is 2.24. The van der Waals surface area contributed by atoms with Crippen LogP contribution in [0.1, 0.15) is 37.0 Å². The van der Waals surface area contributed by atoms with Crippen LogP contribution in [0.25, 0.3) is 0 Å². The van der Waals surface area contributed by atoms with E-state index in [2.05, 4.69) is 23.7 Å². The predicted octanol–water partition coefficient (Wildman–Crippen LogP) is 2.27. The Labute approximate surface area is 90.1 Å². The largest absolute Gasteiger partial charge is 0.351 e. The van der Waals surface area contributed by atoms with E-state index in [-0.39, 0.29) is 0 Å². The molecule has 1 aromatic rings. The molecule has 3 heteroatoms. The fourth-order valence-electron chi connectivity index (χ4n) is 2.27. The maximum Gasteiger partial charge on any atom is 0.151 e. The summed E-state index contributed by atoms with van der Waals surface area (Å²) in [6, 6.07) is 4.86. The van der Waals surface area contributed by atoms with Gasteiger partial charge in [-0.2, -0.15) is 0 Å². The Kier molecular flexibility index (Phi) is 2.71. The number of carbonyl (C=O) groups is 1. The van der Waals surface area contributed by atoms with Crippen molar-refractivity contribution in [3.63, 3.8) is 0 Å². The van der Waals surface area contributed by atoms with Crippen LogP contribution in [-0.2, 0) is 0 Å². The van der Waals surface area contributed by atoms with Crippen molar-refractivity contribution in [2.75, 3.05) is 4.90 Å². The van der Waals surface area contributed by atoms with Gasteiger partial charge in [-0.3, -0.25) is 4.79 Å². The molecule has 0 amide bonds. The van der Waals surface area contributed by atoms with Crippen LogP contribution in [-0.4, -0.2) is 23.4 Å². The second-order valence-electron chi connectivity index (χ2n) is 4.25. The van der Waals surface area contributed by atoms with Gasteiger partial charge in [-0.1, -0.05) is 0 Å². The highest BCUT2D eigenvalue weighted by Gasteiger charge is 2.27. The number of pyridine rings is 1. The van der Waals surface area contributed by atoms with Gasteiger partial charge >= 0.3 is 0 Å². The first-order chi connectivity index (χ1) is 7.22. The second-order valence-corrected chi connectivity index (χ2v) is 4.25. The lowest BCUT2D eigenvalue weighted by Gasteiger charge is -2.27. The van der Waals surface area contributed by atoms with Crippen LogP contribution in [0.5, 0.6) is 0 Å². The summed E-state index contributed by atoms with van der Waals surface area (Å²) in [7, 11) is 0. The lowest BCUT2D eigenvalue weighted by Crippen LogP contribution is -2.33. The fraction of sp³-hybridized carbons (Fsp3) is 0.500. The summed E-state index contributed by atoms with van der Waals surface area (Å²) in [5.41, 5.74) is 0.637. The first kappa shape index (κ1) is 10.1. The van der Waals surface area contributed by atoms with Gasteiger partial charge in [0.05, 0.1) is 0 Å². The first-order valence-electron chi connectivity index (χ1n) is 5.42. The molecule has 3 nitrogen and oxygen atoms in total. The van der Waals surface area contributed by atoms with Gasteiger partial charge in [0.15, 0.2) is 6.29 Å². The van der Waals surface area contributed by atoms with Crippen LogP contribution in [0.2, 0.25) is 0 Å². The molecule has 0 aromatic carbocycles. The molecule has 1 aliphatic heterocycles. The van der Waals surface area contributed by atoms with E-state index in [1.54, 1.807) is 6.20 Å². The van der Waals surface area contributed by atoms with Crippen molar-refractivity contribution >= 4 is 12.1 Å². The summed E-state index contributed by atoms with van der Waals surface area (Å²) in [4.78, 5) is 17.2. The van der Waals surface area contributed by atoms with E-state index in [4.69, 9.17) is 0 Å². The van der Waals surface area contributed by atoms with Crippen molar-refractivity contribution in [3.8, 4) is 0 Å². The molecule has 0 radical (unpaired) electrons. The molecule has 1 aliphatic rings. The summed E-state index contributed by atoms with van der Waals surface area (Å²) in [6.45, 7) is 4.44. The van der Waals surface area contributed by atoms with E-state index < -0.39 is 0 Å². The fourth-order valence-corrected chi connectivity index (χ4v) is 2.27. The van der Waals surface area contributed by atoms with Gasteiger partial charge in [-0.25, -0.2) is 4.98 Å². The molecule has 15 heavy (non-hydrogen) atoms. The van der Waals surface area contributed by atoms with Crippen molar-refractivity contribution in [2.24, 2.45) is 0 Å². The summed E-state index contributed by atoms with van der Waals surface area (Å²) >= 11 is 0. The minimum absolute atomic E-state index is 0.551. The molecule has 2 rings (SSSR count). The molecule has 2 heterocycles. The quantitative estimate of drug-likeness (QED) is 0.693. The lowest BCUT2D eigenvalue weighted by molar-refractivity contribution is 0.112. The van der Waals surface area contributed by atoms with E-state index in [1.165, 1.54) is 12.8 Å². The summed E-state index contributed by atoms with van der Waals surface area (Å²) in [5, 5.41) is 0. The van der Waals surface area contributed by atoms with Crippen molar-refractivity contribution in [2.45, 2.75) is 38.8 Å². The number of hydrogen-bond acceptors (Lipinski definition) is 3. The van der Waals surface area contributed by atoms with E-state index in [9.17, 15) is 4.79 Å². The van der Waals surface area contributed by atoms with E-state index >= 15 is 0 Å². The lowest BCUT2D eigenvalue weighted by atomic mass is 10.2. The number of carbonyl (C=O) groups excluding carboxylic acids is 1. The first-order valence-corrected chi connectivity index (χ1v) is 5.42. The van der Waals surface area contributed by atoms with Crippen LogP contribution in [0, 0.1) is 0 Å². The van der Waals surface area contributed by atoms with Crippen LogP contribution < -0.4 is 4.90 Å². The number of anilines is 1. The standard InChI is InChI=1S/C12H16N2O/c1-9-3-4-10(2)14(9)12-6-5-11(8-15)7-13-12/h5-10H,3-4H2,1-2H3/t9-,10+. The number of nitrogens with zero attached hydrogens (tertiary/aromatic N) is 2. The number of rotatable bonds is 2. The predicted molar refractivity (Wildman–Crippen MR) is 60.3 cm³/mol. The molecule has 0 bridgehead atoms. The zero-order chi connectivity index (χ0) is 10.8. The smallest absolute Gasteiger partial charge is 0.151 e. The molecule has 2 atom stereocenters. The van der Waals surface area contributed by atoms with Crippen molar-refractivity contribution < 1.29 is 4.79 Å². The molecule has 80 valence electrons. The molecule has 0 saturated carbocycles. The molecule has 1 saturated heterocycles. The summed E-state index contributed by atoms with van der Waals surface area (Å²) in [5.74, 6) is 0.984. The van der Waals surface area contributed by atoms with Gasteiger partial charge in [0.25, 0.3) is 0 Å². The molecule has 1 fully saturated rings. The van der Waals surface area contributed by atoms with E-state index in [1.807, 2.05) is 12.1 Å². The van der Waals surface area contributed by atoms with Crippen molar-refractivity contribution in [1.29, 1.82) is 0 Å². The molecule has 0 spiro atoms. The normalized spacial score (nSPS) is 25.6. The zero-order valence-corrected chi connectivity index (χ0v) is 9.18. The topological polar surface area (TPSA) is 33.2 Å². The molecular weight excluding hydrogens is 188 g/mol. The van der Waals surface area contributed by atoms with Crippen LogP contribution in [0.15, 0.2) is 18.3 Å². The third kappa shape index (κ3) is 1.87. The number of aromatic nitrogens is 1. The SMILES string of the molecule is C[C@@H]1CC[C@H](C)N1c1ccc(C=O)cn1. The number of hydrogen-bond donors (Lipinski definition) is 0. The average molecular weight is 204 g/mol. The zero-order valence-electron chi connectivity index (χ0n) is 9.18. The molecular formula is C12H16N2O. The highest BCUT2D eigenvalue weighted by molar-refractivity contribution is 5.74. The summed E-state index contributed by atoms with van der Waals surface area (Å²) in [6.07, 6.45) is 4.91. The van der Waals surface area contributed by atoms with E-state index in [0.29, 0.717) is 17.6 Å². The Morgan fingerprint density at radius 3 is 2.47 bits per heavy atom. The Hall–Kier alpha value is -1.38. The van der Waals surface area contributed by atoms with Crippen molar-refractivity contribution in [3.05, 3.63) is 23.9 Å². The van der Waals surface area contributed by atoms with Gasteiger partial charge in [-0.15, -0.1) is 0 Å². The van der Waals surface area contributed by atoms with Gasteiger partial charge in [-0.05, 0) is 38.8 Å². The van der Waals surface area contributed by atoms with Crippen molar-refractivity contribution in [1.82, 2.24) is 4.98 Å². The van der Waals surface area contributed by atoms with Gasteiger partial charge in [0.2, 0.25) is 0 Å². The van der Waals surface area contributed by atoms with Crippen LogP contribution >= 0.6 is 0 Å². The van der Waals surface area contributed by atoms with Gasteiger partial charge in [0.1, 0.15) is 5.82 Å². The second kappa shape index (κ2) is 4.01. The number of aldehydes is 1. The van der Waals surface area contributed by atoms with Gasteiger partial charge < -0.3 is 4.90 Å². The Morgan fingerprint density at radius 1 is 1.33 bits per heavy atom. The highest BCUT2D eigenvalue weighted by atomic mass is 16.1. The molecule has 0 N–H and O–H groups in total. The molecule has 0 unspecified atom stereocenters. The minimum Gasteiger partial charge on any atom is -0.351 e. The van der Waals surface area contributed by atoms with E-state index in [0.717, 1.165) is 12.1 Å². The monoisotopic (exact) mass is 204 g/mol. The van der Waals surface area contributed by atoms with Gasteiger partial charge in [0, 0.05) is 23.8 Å². The minimum atomic E-state index is 0.551.